The second-order valence-electron chi connectivity index (χ2n) is 5.42. The average molecular weight is 353 g/mol. The van der Waals surface area contributed by atoms with Crippen LogP contribution in [0.3, 0.4) is 0 Å². The standard InChI is InChI=1S/C18H19N5O3/c1-12(24)26-23-18(19-11-13-7-3-6-10-16(13)25-2)20-17-14-8-4-5-9-15(14)21-22-17/h3-10H,11H2,1-2H3,(H3,19,20,21,22,23). The number of carbonyl (C=O) groups excluding carboxylic acids is 1. The highest BCUT2D eigenvalue weighted by Crippen LogP contribution is 2.20. The van der Waals surface area contributed by atoms with E-state index >= 15 is 0 Å². The number of guanidine groups is 1. The molecule has 0 unspecified atom stereocenters. The van der Waals surface area contributed by atoms with Gasteiger partial charge in [0.25, 0.3) is 0 Å². The van der Waals surface area contributed by atoms with Crippen molar-refractivity contribution in [1.29, 1.82) is 0 Å². The minimum atomic E-state index is -0.483. The van der Waals surface area contributed by atoms with Gasteiger partial charge in [-0.2, -0.15) is 10.6 Å². The molecule has 3 rings (SSSR count). The van der Waals surface area contributed by atoms with Gasteiger partial charge in [-0.3, -0.25) is 9.89 Å². The molecule has 0 aliphatic carbocycles. The second kappa shape index (κ2) is 8.02. The van der Waals surface area contributed by atoms with Gasteiger partial charge in [0.1, 0.15) is 5.75 Å². The number of aliphatic imine (C=N–C) groups is 1. The highest BCUT2D eigenvalue weighted by Gasteiger charge is 2.09. The minimum Gasteiger partial charge on any atom is -0.496 e. The van der Waals surface area contributed by atoms with E-state index in [0.717, 1.165) is 22.2 Å². The molecule has 1 heterocycles. The van der Waals surface area contributed by atoms with E-state index in [9.17, 15) is 4.79 Å². The van der Waals surface area contributed by atoms with E-state index in [1.165, 1.54) is 6.92 Å². The molecule has 0 atom stereocenters. The number of aromatic nitrogens is 2. The summed E-state index contributed by atoms with van der Waals surface area (Å²) < 4.78 is 5.33. The van der Waals surface area contributed by atoms with E-state index < -0.39 is 5.97 Å². The number of carbonyl (C=O) groups is 1. The van der Waals surface area contributed by atoms with Gasteiger partial charge >= 0.3 is 5.97 Å². The lowest BCUT2D eigenvalue weighted by Gasteiger charge is -2.11. The Balaban J connectivity index is 1.83. The summed E-state index contributed by atoms with van der Waals surface area (Å²) in [7, 11) is 1.61. The zero-order valence-corrected chi connectivity index (χ0v) is 14.4. The van der Waals surface area contributed by atoms with Crippen molar-refractivity contribution in [1.82, 2.24) is 15.7 Å². The Hall–Kier alpha value is -3.55. The van der Waals surface area contributed by atoms with Crippen LogP contribution in [0.15, 0.2) is 53.5 Å². The zero-order chi connectivity index (χ0) is 18.4. The molecule has 8 heteroatoms. The highest BCUT2D eigenvalue weighted by atomic mass is 16.7. The molecule has 0 radical (unpaired) electrons. The summed E-state index contributed by atoms with van der Waals surface area (Å²) >= 11 is 0. The number of anilines is 1. The number of aromatic amines is 1. The number of hydrogen-bond acceptors (Lipinski definition) is 5. The first-order chi connectivity index (χ1) is 12.7. The first kappa shape index (κ1) is 17.3. The number of nitrogens with zero attached hydrogens (tertiary/aromatic N) is 2. The number of fused-ring (bicyclic) bond motifs is 1. The van der Waals surface area contributed by atoms with Crippen molar-refractivity contribution in [3.8, 4) is 5.75 Å². The van der Waals surface area contributed by atoms with E-state index in [4.69, 9.17) is 9.57 Å². The van der Waals surface area contributed by atoms with Crippen molar-refractivity contribution < 1.29 is 14.4 Å². The van der Waals surface area contributed by atoms with Crippen LogP contribution in [0.5, 0.6) is 5.75 Å². The Morgan fingerprint density at radius 3 is 2.77 bits per heavy atom. The monoisotopic (exact) mass is 353 g/mol. The molecule has 0 saturated heterocycles. The van der Waals surface area contributed by atoms with Crippen molar-refractivity contribution in [3.05, 3.63) is 54.1 Å². The van der Waals surface area contributed by atoms with Crippen molar-refractivity contribution in [2.45, 2.75) is 13.5 Å². The predicted molar refractivity (Wildman–Crippen MR) is 98.8 cm³/mol. The number of benzene rings is 2. The lowest BCUT2D eigenvalue weighted by atomic mass is 10.2. The molecule has 1 aromatic heterocycles. The van der Waals surface area contributed by atoms with Gasteiger partial charge in [0.05, 0.1) is 19.2 Å². The van der Waals surface area contributed by atoms with Gasteiger partial charge in [0, 0.05) is 17.9 Å². The van der Waals surface area contributed by atoms with Gasteiger partial charge < -0.3 is 14.9 Å². The third-order valence-electron chi connectivity index (χ3n) is 3.60. The van der Waals surface area contributed by atoms with Gasteiger partial charge in [-0.15, -0.1) is 0 Å². The smallest absolute Gasteiger partial charge is 0.329 e. The highest BCUT2D eigenvalue weighted by molar-refractivity contribution is 6.00. The number of ether oxygens (including phenoxy) is 1. The van der Waals surface area contributed by atoms with E-state index in [1.807, 2.05) is 48.5 Å². The number of hydroxylamine groups is 1. The maximum absolute atomic E-state index is 11.1. The van der Waals surface area contributed by atoms with Crippen LogP contribution in [-0.4, -0.2) is 29.2 Å². The number of rotatable bonds is 4. The molecule has 3 N–H and O–H groups in total. The molecular weight excluding hydrogens is 334 g/mol. The summed E-state index contributed by atoms with van der Waals surface area (Å²) in [5.74, 6) is 1.07. The van der Waals surface area contributed by atoms with Gasteiger partial charge in [-0.1, -0.05) is 30.3 Å². The Bertz CT molecular complexity index is 935. The van der Waals surface area contributed by atoms with E-state index in [0.29, 0.717) is 12.4 Å². The normalized spacial score (nSPS) is 11.2. The van der Waals surface area contributed by atoms with Gasteiger partial charge in [-0.25, -0.2) is 4.99 Å². The summed E-state index contributed by atoms with van der Waals surface area (Å²) in [5.41, 5.74) is 4.30. The van der Waals surface area contributed by atoms with Crippen LogP contribution >= 0.6 is 0 Å². The maximum atomic E-state index is 11.1. The fourth-order valence-electron chi connectivity index (χ4n) is 2.39. The fourth-order valence-corrected chi connectivity index (χ4v) is 2.39. The number of methoxy groups -OCH3 is 1. The van der Waals surface area contributed by atoms with Crippen LogP contribution in [0.2, 0.25) is 0 Å². The van der Waals surface area contributed by atoms with Gasteiger partial charge in [0.2, 0.25) is 5.96 Å². The van der Waals surface area contributed by atoms with Crippen LogP contribution in [-0.2, 0) is 16.2 Å². The maximum Gasteiger partial charge on any atom is 0.329 e. The third kappa shape index (κ3) is 4.10. The number of nitrogens with one attached hydrogen (secondary N) is 3. The largest absolute Gasteiger partial charge is 0.496 e. The predicted octanol–water partition coefficient (Wildman–Crippen LogP) is 2.61. The molecule has 0 bridgehead atoms. The van der Waals surface area contributed by atoms with Crippen molar-refractivity contribution in [2.24, 2.45) is 4.99 Å². The molecule has 2 aromatic carbocycles. The Morgan fingerprint density at radius 2 is 1.96 bits per heavy atom. The summed E-state index contributed by atoms with van der Waals surface area (Å²) in [4.78, 5) is 20.4. The van der Waals surface area contributed by atoms with Crippen molar-refractivity contribution in [3.63, 3.8) is 0 Å². The SMILES string of the molecule is COc1ccccc1CN=C(NOC(C)=O)Nc1n[nH]c2ccccc12. The molecular formula is C18H19N5O3. The second-order valence-corrected chi connectivity index (χ2v) is 5.42. The van der Waals surface area contributed by atoms with Crippen LogP contribution in [0.4, 0.5) is 5.82 Å². The molecule has 0 aliphatic heterocycles. The van der Waals surface area contributed by atoms with Crippen LogP contribution in [0.25, 0.3) is 10.9 Å². The zero-order valence-electron chi connectivity index (χ0n) is 14.4. The Labute approximate surface area is 150 Å². The molecule has 0 fully saturated rings. The van der Waals surface area contributed by atoms with Gasteiger partial charge in [-0.05, 0) is 18.2 Å². The summed E-state index contributed by atoms with van der Waals surface area (Å²) in [5, 5.41) is 11.1. The topological polar surface area (TPSA) is 101 Å². The molecule has 3 aromatic rings. The molecule has 0 spiro atoms. The Morgan fingerprint density at radius 1 is 1.19 bits per heavy atom. The third-order valence-corrected chi connectivity index (χ3v) is 3.60. The molecule has 26 heavy (non-hydrogen) atoms. The summed E-state index contributed by atoms with van der Waals surface area (Å²) in [6, 6.07) is 15.2. The summed E-state index contributed by atoms with van der Waals surface area (Å²) in [6.45, 7) is 1.62. The molecule has 134 valence electrons. The number of hydrogen-bond donors (Lipinski definition) is 3. The van der Waals surface area contributed by atoms with Crippen molar-refractivity contribution in [2.75, 3.05) is 12.4 Å². The number of para-hydroxylation sites is 2. The molecule has 0 amide bonds. The van der Waals surface area contributed by atoms with E-state index in [2.05, 4.69) is 26.0 Å². The fraction of sp³-hybridized carbons (Fsp3) is 0.167. The lowest BCUT2D eigenvalue weighted by Crippen LogP contribution is -2.32. The molecule has 0 saturated carbocycles. The minimum absolute atomic E-state index is 0.253. The van der Waals surface area contributed by atoms with Crippen LogP contribution in [0.1, 0.15) is 12.5 Å². The van der Waals surface area contributed by atoms with E-state index in [1.54, 1.807) is 7.11 Å². The lowest BCUT2D eigenvalue weighted by molar-refractivity contribution is -0.145. The van der Waals surface area contributed by atoms with Crippen LogP contribution < -0.4 is 15.5 Å². The Kier molecular flexibility index (Phi) is 5.33. The first-order valence-electron chi connectivity index (χ1n) is 7.97. The first-order valence-corrected chi connectivity index (χ1v) is 7.97. The van der Waals surface area contributed by atoms with Crippen molar-refractivity contribution >= 4 is 28.6 Å². The molecule has 8 nitrogen and oxygen atoms in total. The quantitative estimate of drug-likeness (QED) is 0.379. The van der Waals surface area contributed by atoms with Gasteiger partial charge in [0.15, 0.2) is 5.82 Å². The average Bonchev–Trinajstić information content (AvgIpc) is 3.07. The molecule has 0 aliphatic rings. The summed E-state index contributed by atoms with van der Waals surface area (Å²) in [6.07, 6.45) is 0. The van der Waals surface area contributed by atoms with Crippen LogP contribution in [0, 0.1) is 0 Å². The number of H-pyrrole nitrogens is 1. The van der Waals surface area contributed by atoms with E-state index in [-0.39, 0.29) is 5.96 Å².